The van der Waals surface area contributed by atoms with Gasteiger partial charge in [-0.1, -0.05) is 29.8 Å². The number of hydrogen-bond donors (Lipinski definition) is 2. The van der Waals surface area contributed by atoms with E-state index in [1.165, 1.54) is 0 Å². The molecular weight excluding hydrogens is 326 g/mol. The number of ether oxygens (including phenoxy) is 1. The Morgan fingerprint density at radius 2 is 1.96 bits per heavy atom. The highest BCUT2D eigenvalue weighted by atomic mass is 16.5. The van der Waals surface area contributed by atoms with E-state index in [0.29, 0.717) is 38.2 Å². The summed E-state index contributed by atoms with van der Waals surface area (Å²) in [4.78, 5) is 12.0. The molecule has 5 nitrogen and oxygen atoms in total. The van der Waals surface area contributed by atoms with Gasteiger partial charge in [-0.2, -0.15) is 5.26 Å². The second kappa shape index (κ2) is 10.9. The molecule has 0 aliphatic heterocycles. The van der Waals surface area contributed by atoms with Gasteiger partial charge in [0.2, 0.25) is 0 Å². The first-order valence-electron chi connectivity index (χ1n) is 8.83. The lowest BCUT2D eigenvalue weighted by atomic mass is 10.1. The molecule has 2 N–H and O–H groups in total. The molecule has 26 heavy (non-hydrogen) atoms. The molecule has 0 aliphatic rings. The number of rotatable bonds is 10. The highest BCUT2D eigenvalue weighted by Crippen LogP contribution is 2.13. The smallest absolute Gasteiger partial charge is 0.251 e. The Hall–Kier alpha value is -2.84. The Kier molecular flexibility index (Phi) is 8.17. The summed E-state index contributed by atoms with van der Waals surface area (Å²) in [6.07, 6.45) is 1.25. The van der Waals surface area contributed by atoms with Gasteiger partial charge in [-0.3, -0.25) is 4.79 Å². The molecule has 1 amide bonds. The summed E-state index contributed by atoms with van der Waals surface area (Å²) in [5.74, 6) is 0.759. The van der Waals surface area contributed by atoms with E-state index >= 15 is 0 Å². The first-order valence-corrected chi connectivity index (χ1v) is 8.83. The quantitative estimate of drug-likeness (QED) is 0.645. The van der Waals surface area contributed by atoms with Crippen molar-refractivity contribution in [2.45, 2.75) is 26.3 Å². The molecule has 0 heterocycles. The average Bonchev–Trinajstić information content (AvgIpc) is 2.66. The van der Waals surface area contributed by atoms with Crippen molar-refractivity contribution in [1.82, 2.24) is 10.6 Å². The molecule has 0 saturated carbocycles. The molecule has 0 spiro atoms. The number of aryl methyl sites for hydroxylation is 1. The monoisotopic (exact) mass is 351 g/mol. The molecule has 2 aromatic rings. The first-order chi connectivity index (χ1) is 12.7. The number of nitriles is 1. The van der Waals surface area contributed by atoms with Gasteiger partial charge in [0, 0.05) is 31.6 Å². The van der Waals surface area contributed by atoms with Crippen molar-refractivity contribution in [2.75, 3.05) is 19.7 Å². The summed E-state index contributed by atoms with van der Waals surface area (Å²) in [6, 6.07) is 17.5. The summed E-state index contributed by atoms with van der Waals surface area (Å²) in [6.45, 7) is 4.51. The number of carbonyl (C=O) groups is 1. The van der Waals surface area contributed by atoms with Crippen molar-refractivity contribution in [2.24, 2.45) is 0 Å². The van der Waals surface area contributed by atoms with Crippen LogP contribution in [-0.2, 0) is 6.54 Å². The summed E-state index contributed by atoms with van der Waals surface area (Å²) in [5, 5.41) is 14.7. The van der Waals surface area contributed by atoms with Crippen molar-refractivity contribution in [3.8, 4) is 11.8 Å². The summed E-state index contributed by atoms with van der Waals surface area (Å²) < 4.78 is 5.63. The molecule has 0 aromatic heterocycles. The zero-order chi connectivity index (χ0) is 18.6. The van der Waals surface area contributed by atoms with Crippen LogP contribution in [0, 0.1) is 18.3 Å². The van der Waals surface area contributed by atoms with Crippen molar-refractivity contribution in [1.29, 1.82) is 5.26 Å². The minimum Gasteiger partial charge on any atom is -0.494 e. The zero-order valence-electron chi connectivity index (χ0n) is 15.1. The number of hydrogen-bond acceptors (Lipinski definition) is 4. The van der Waals surface area contributed by atoms with Gasteiger partial charge in [-0.15, -0.1) is 0 Å². The van der Waals surface area contributed by atoms with Crippen LogP contribution in [0.1, 0.15) is 34.3 Å². The Morgan fingerprint density at radius 3 is 2.73 bits per heavy atom. The molecule has 5 heteroatoms. The average molecular weight is 351 g/mol. The van der Waals surface area contributed by atoms with E-state index in [4.69, 9.17) is 10.00 Å². The molecule has 2 aromatic carbocycles. The van der Waals surface area contributed by atoms with Crippen molar-refractivity contribution in [3.63, 3.8) is 0 Å². The van der Waals surface area contributed by atoms with E-state index in [2.05, 4.69) is 16.7 Å². The van der Waals surface area contributed by atoms with Gasteiger partial charge in [0.05, 0.1) is 12.7 Å². The second-order valence-electron chi connectivity index (χ2n) is 6.06. The van der Waals surface area contributed by atoms with Crippen LogP contribution in [0.4, 0.5) is 0 Å². The fourth-order valence-electron chi connectivity index (χ4n) is 2.39. The number of nitrogens with one attached hydrogen (secondary N) is 2. The summed E-state index contributed by atoms with van der Waals surface area (Å²) in [5.41, 5.74) is 2.93. The molecular formula is C21H25N3O2. The number of benzene rings is 2. The fraction of sp³-hybridized carbons (Fsp3) is 0.333. The minimum atomic E-state index is -0.0560. The van der Waals surface area contributed by atoms with Gasteiger partial charge < -0.3 is 15.4 Å². The predicted molar refractivity (Wildman–Crippen MR) is 102 cm³/mol. The zero-order valence-corrected chi connectivity index (χ0v) is 15.1. The third-order valence-electron chi connectivity index (χ3n) is 3.83. The summed E-state index contributed by atoms with van der Waals surface area (Å²) >= 11 is 0. The lowest BCUT2D eigenvalue weighted by molar-refractivity contribution is 0.0954. The van der Waals surface area contributed by atoms with E-state index in [1.807, 2.05) is 55.5 Å². The van der Waals surface area contributed by atoms with Crippen molar-refractivity contribution < 1.29 is 9.53 Å². The van der Waals surface area contributed by atoms with Crippen LogP contribution in [0.3, 0.4) is 0 Å². The molecule has 0 fully saturated rings. The van der Waals surface area contributed by atoms with Crippen molar-refractivity contribution in [3.05, 3.63) is 65.2 Å². The number of carbonyl (C=O) groups excluding carboxylic acids is 1. The van der Waals surface area contributed by atoms with E-state index < -0.39 is 0 Å². The molecule has 0 bridgehead atoms. The standard InChI is InChI=1S/C21H25N3O2/c1-17-7-9-19(10-8-17)21(25)24-13-12-23-16-18-5-4-6-20(15-18)26-14-3-2-11-22/h4-10,15,23H,2-3,12-14,16H2,1H3,(H,24,25). The summed E-state index contributed by atoms with van der Waals surface area (Å²) in [7, 11) is 0. The van der Waals surface area contributed by atoms with Gasteiger partial charge >= 0.3 is 0 Å². The third kappa shape index (κ3) is 6.96. The van der Waals surface area contributed by atoms with Crippen LogP contribution >= 0.6 is 0 Å². The Morgan fingerprint density at radius 1 is 1.15 bits per heavy atom. The molecule has 0 unspecified atom stereocenters. The normalized spacial score (nSPS) is 10.2. The molecule has 0 saturated heterocycles. The maximum atomic E-state index is 12.0. The van der Waals surface area contributed by atoms with Gasteiger partial charge in [0.25, 0.3) is 5.91 Å². The largest absolute Gasteiger partial charge is 0.494 e. The molecule has 136 valence electrons. The van der Waals surface area contributed by atoms with E-state index in [1.54, 1.807) is 0 Å². The van der Waals surface area contributed by atoms with Gasteiger partial charge in [0.15, 0.2) is 0 Å². The highest BCUT2D eigenvalue weighted by molar-refractivity contribution is 5.94. The molecule has 0 radical (unpaired) electrons. The minimum absolute atomic E-state index is 0.0560. The van der Waals surface area contributed by atoms with E-state index in [9.17, 15) is 4.79 Å². The number of nitrogens with zero attached hydrogens (tertiary/aromatic N) is 1. The highest BCUT2D eigenvalue weighted by Gasteiger charge is 2.03. The fourth-order valence-corrected chi connectivity index (χ4v) is 2.39. The number of unbranched alkanes of at least 4 members (excludes halogenated alkanes) is 1. The molecule has 2 rings (SSSR count). The van der Waals surface area contributed by atoms with Crippen LogP contribution in [0.5, 0.6) is 5.75 Å². The molecule has 0 atom stereocenters. The van der Waals surface area contributed by atoms with E-state index in [0.717, 1.165) is 23.3 Å². The lowest BCUT2D eigenvalue weighted by Gasteiger charge is -2.09. The van der Waals surface area contributed by atoms with Crippen LogP contribution in [0.25, 0.3) is 0 Å². The van der Waals surface area contributed by atoms with E-state index in [-0.39, 0.29) is 5.91 Å². The maximum Gasteiger partial charge on any atom is 0.251 e. The maximum absolute atomic E-state index is 12.0. The second-order valence-corrected chi connectivity index (χ2v) is 6.06. The Balaban J connectivity index is 1.65. The third-order valence-corrected chi connectivity index (χ3v) is 3.83. The predicted octanol–water partition coefficient (Wildman–Crippen LogP) is 3.20. The SMILES string of the molecule is Cc1ccc(C(=O)NCCNCc2cccc(OCCCC#N)c2)cc1. The van der Waals surface area contributed by atoms with Crippen LogP contribution in [0.15, 0.2) is 48.5 Å². The number of amides is 1. The molecule has 0 aliphatic carbocycles. The van der Waals surface area contributed by atoms with Gasteiger partial charge in [-0.25, -0.2) is 0 Å². The lowest BCUT2D eigenvalue weighted by Crippen LogP contribution is -2.31. The van der Waals surface area contributed by atoms with Crippen molar-refractivity contribution >= 4 is 5.91 Å². The topological polar surface area (TPSA) is 74.2 Å². The van der Waals surface area contributed by atoms with Gasteiger partial charge in [0.1, 0.15) is 5.75 Å². The van der Waals surface area contributed by atoms with Gasteiger partial charge in [-0.05, 0) is 43.2 Å². The Bertz CT molecular complexity index is 736. The Labute approximate surface area is 155 Å². The van der Waals surface area contributed by atoms with Crippen LogP contribution < -0.4 is 15.4 Å². The first kappa shape index (κ1) is 19.5. The van der Waals surface area contributed by atoms with Crippen LogP contribution in [0.2, 0.25) is 0 Å². The van der Waals surface area contributed by atoms with Crippen LogP contribution in [-0.4, -0.2) is 25.6 Å².